The summed E-state index contributed by atoms with van der Waals surface area (Å²) < 4.78 is 20.8. The predicted molar refractivity (Wildman–Crippen MR) is 109 cm³/mol. The molecule has 6 atom stereocenters. The van der Waals surface area contributed by atoms with E-state index in [1.807, 2.05) is 13.8 Å². The number of aliphatic hydroxyl groups is 4. The molecule has 0 spiro atoms. The molecular weight excluding hydrogens is 412 g/mol. The highest BCUT2D eigenvalue weighted by Crippen LogP contribution is 2.23. The molecule has 0 bridgehead atoms. The SMILES string of the molecule is CCCCCC(=O)OCC(O)CO[C@@H]1O[C@H](COC(=O)CCCCC)[C@H](O)[C@H](O)[C@H]1O. The third-order valence-corrected chi connectivity index (χ3v) is 4.94. The molecule has 0 aromatic heterocycles. The zero-order valence-corrected chi connectivity index (χ0v) is 18.5. The Labute approximate surface area is 183 Å². The Balaban J connectivity index is 2.41. The molecule has 0 aliphatic carbocycles. The van der Waals surface area contributed by atoms with E-state index in [0.717, 1.165) is 32.1 Å². The van der Waals surface area contributed by atoms with E-state index >= 15 is 0 Å². The molecule has 1 fully saturated rings. The van der Waals surface area contributed by atoms with Gasteiger partial charge in [0.25, 0.3) is 0 Å². The van der Waals surface area contributed by atoms with Crippen molar-refractivity contribution in [3.8, 4) is 0 Å². The summed E-state index contributed by atoms with van der Waals surface area (Å²) in [6, 6.07) is 0. The molecule has 1 aliphatic rings. The van der Waals surface area contributed by atoms with Gasteiger partial charge in [0.2, 0.25) is 0 Å². The van der Waals surface area contributed by atoms with E-state index in [-0.39, 0.29) is 32.7 Å². The number of hydrogen-bond acceptors (Lipinski definition) is 10. The summed E-state index contributed by atoms with van der Waals surface area (Å²) in [5.74, 6) is -0.862. The van der Waals surface area contributed by atoms with Gasteiger partial charge in [-0.05, 0) is 12.8 Å². The molecule has 31 heavy (non-hydrogen) atoms. The summed E-state index contributed by atoms with van der Waals surface area (Å²) >= 11 is 0. The number of hydrogen-bond donors (Lipinski definition) is 4. The average Bonchev–Trinajstić information content (AvgIpc) is 2.75. The van der Waals surface area contributed by atoms with Crippen molar-refractivity contribution in [1.82, 2.24) is 0 Å². The van der Waals surface area contributed by atoms with E-state index in [9.17, 15) is 30.0 Å². The second-order valence-electron chi connectivity index (χ2n) is 7.78. The van der Waals surface area contributed by atoms with Crippen LogP contribution in [0.25, 0.3) is 0 Å². The van der Waals surface area contributed by atoms with Crippen LogP contribution in [0.5, 0.6) is 0 Å². The third-order valence-electron chi connectivity index (χ3n) is 4.94. The van der Waals surface area contributed by atoms with Crippen molar-refractivity contribution < 1.29 is 49.0 Å². The van der Waals surface area contributed by atoms with E-state index in [1.165, 1.54) is 0 Å². The van der Waals surface area contributed by atoms with Gasteiger partial charge in [-0.1, -0.05) is 39.5 Å². The van der Waals surface area contributed by atoms with Gasteiger partial charge >= 0.3 is 11.9 Å². The minimum atomic E-state index is -1.59. The summed E-state index contributed by atoms with van der Waals surface area (Å²) in [5.41, 5.74) is 0. The van der Waals surface area contributed by atoms with Crippen molar-refractivity contribution in [2.24, 2.45) is 0 Å². The molecule has 1 heterocycles. The maximum atomic E-state index is 11.7. The van der Waals surface area contributed by atoms with Gasteiger partial charge in [0.1, 0.15) is 43.7 Å². The normalized spacial score (nSPS) is 27.0. The summed E-state index contributed by atoms with van der Waals surface area (Å²) in [5, 5.41) is 40.1. The molecular formula is C21H38O10. The van der Waals surface area contributed by atoms with E-state index in [0.29, 0.717) is 6.42 Å². The van der Waals surface area contributed by atoms with Crippen molar-refractivity contribution in [3.05, 3.63) is 0 Å². The van der Waals surface area contributed by atoms with E-state index in [2.05, 4.69) is 0 Å². The number of rotatable bonds is 15. The van der Waals surface area contributed by atoms with Crippen molar-refractivity contribution in [2.45, 2.75) is 102 Å². The molecule has 0 aromatic carbocycles. The lowest BCUT2D eigenvalue weighted by Gasteiger charge is -2.40. The fourth-order valence-corrected chi connectivity index (χ4v) is 2.99. The molecule has 4 N–H and O–H groups in total. The first kappa shape index (κ1) is 27.7. The van der Waals surface area contributed by atoms with E-state index < -0.39 is 48.7 Å². The molecule has 0 radical (unpaired) electrons. The Hall–Kier alpha value is -1.30. The maximum absolute atomic E-state index is 11.7. The van der Waals surface area contributed by atoms with Crippen LogP contribution in [0.2, 0.25) is 0 Å². The average molecular weight is 451 g/mol. The van der Waals surface area contributed by atoms with Gasteiger partial charge < -0.3 is 39.4 Å². The minimum absolute atomic E-state index is 0.241. The summed E-state index contributed by atoms with van der Waals surface area (Å²) in [7, 11) is 0. The first-order chi connectivity index (χ1) is 14.8. The highest BCUT2D eigenvalue weighted by atomic mass is 16.7. The number of esters is 2. The Bertz CT molecular complexity index is 514. The lowest BCUT2D eigenvalue weighted by atomic mass is 9.99. The zero-order chi connectivity index (χ0) is 23.2. The number of carbonyl (C=O) groups is 2. The lowest BCUT2D eigenvalue weighted by molar-refractivity contribution is -0.305. The monoisotopic (exact) mass is 450 g/mol. The second-order valence-corrected chi connectivity index (χ2v) is 7.78. The van der Waals surface area contributed by atoms with Gasteiger partial charge in [-0.2, -0.15) is 0 Å². The van der Waals surface area contributed by atoms with Crippen molar-refractivity contribution in [3.63, 3.8) is 0 Å². The molecule has 182 valence electrons. The van der Waals surface area contributed by atoms with Crippen LogP contribution in [0.1, 0.15) is 65.2 Å². The summed E-state index contributed by atoms with van der Waals surface area (Å²) in [4.78, 5) is 23.3. The molecule has 0 amide bonds. The molecule has 0 saturated carbocycles. The predicted octanol–water partition coefficient (Wildman–Crippen LogP) is 0.418. The smallest absolute Gasteiger partial charge is 0.305 e. The van der Waals surface area contributed by atoms with Crippen molar-refractivity contribution >= 4 is 11.9 Å². The second kappa shape index (κ2) is 15.5. The molecule has 1 aliphatic heterocycles. The topological polar surface area (TPSA) is 152 Å². The van der Waals surface area contributed by atoms with Gasteiger partial charge in [-0.15, -0.1) is 0 Å². The highest BCUT2D eigenvalue weighted by Gasteiger charge is 2.45. The first-order valence-corrected chi connectivity index (χ1v) is 11.1. The molecule has 0 aromatic rings. The van der Waals surface area contributed by atoms with Crippen molar-refractivity contribution in [2.75, 3.05) is 19.8 Å². The molecule has 10 heteroatoms. The van der Waals surface area contributed by atoms with Gasteiger partial charge in [-0.3, -0.25) is 9.59 Å². The van der Waals surface area contributed by atoms with Crippen molar-refractivity contribution in [1.29, 1.82) is 0 Å². The van der Waals surface area contributed by atoms with Crippen LogP contribution in [-0.4, -0.2) is 89.0 Å². The van der Waals surface area contributed by atoms with Crippen LogP contribution in [0.3, 0.4) is 0 Å². The van der Waals surface area contributed by atoms with E-state index in [4.69, 9.17) is 18.9 Å². The Kier molecular flexibility index (Phi) is 13.9. The highest BCUT2D eigenvalue weighted by molar-refractivity contribution is 5.69. The fourth-order valence-electron chi connectivity index (χ4n) is 2.99. The van der Waals surface area contributed by atoms with Crippen LogP contribution in [0, 0.1) is 0 Å². The van der Waals surface area contributed by atoms with Crippen LogP contribution < -0.4 is 0 Å². The summed E-state index contributed by atoms with van der Waals surface area (Å²) in [6.07, 6.45) is -2.59. The number of unbranched alkanes of at least 4 members (excludes halogenated alkanes) is 4. The number of carbonyl (C=O) groups excluding carboxylic acids is 2. The standard InChI is InChI=1S/C21H38O10/c1-3-5-7-9-16(23)28-11-14(22)12-30-21-20(27)19(26)18(25)15(31-21)13-29-17(24)10-8-6-4-2/h14-15,18-22,25-27H,3-13H2,1-2H3/t14?,15-,18+,19+,20-,21-/m1/s1. The molecule has 10 nitrogen and oxygen atoms in total. The van der Waals surface area contributed by atoms with Crippen LogP contribution in [0.15, 0.2) is 0 Å². The molecule has 1 unspecified atom stereocenters. The largest absolute Gasteiger partial charge is 0.463 e. The quantitative estimate of drug-likeness (QED) is 0.204. The van der Waals surface area contributed by atoms with Gasteiger partial charge in [0, 0.05) is 12.8 Å². The Morgan fingerprint density at radius 1 is 0.839 bits per heavy atom. The first-order valence-electron chi connectivity index (χ1n) is 11.1. The zero-order valence-electron chi connectivity index (χ0n) is 18.5. The summed E-state index contributed by atoms with van der Waals surface area (Å²) in [6.45, 7) is 3.10. The minimum Gasteiger partial charge on any atom is -0.463 e. The van der Waals surface area contributed by atoms with Gasteiger partial charge in [0.05, 0.1) is 6.61 Å². The number of ether oxygens (including phenoxy) is 4. The van der Waals surface area contributed by atoms with Gasteiger partial charge in [-0.25, -0.2) is 0 Å². The van der Waals surface area contributed by atoms with Crippen LogP contribution >= 0.6 is 0 Å². The molecule has 1 saturated heterocycles. The Morgan fingerprint density at radius 2 is 1.42 bits per heavy atom. The lowest BCUT2D eigenvalue weighted by Crippen LogP contribution is -2.59. The third kappa shape index (κ3) is 10.7. The fraction of sp³-hybridized carbons (Fsp3) is 0.905. The maximum Gasteiger partial charge on any atom is 0.305 e. The molecule has 1 rings (SSSR count). The number of aliphatic hydroxyl groups excluding tert-OH is 4. The van der Waals surface area contributed by atoms with E-state index in [1.54, 1.807) is 0 Å². The Morgan fingerprint density at radius 3 is 2.00 bits per heavy atom. The van der Waals surface area contributed by atoms with Crippen LogP contribution in [0.4, 0.5) is 0 Å². The van der Waals surface area contributed by atoms with Crippen LogP contribution in [-0.2, 0) is 28.5 Å². The van der Waals surface area contributed by atoms with Gasteiger partial charge in [0.15, 0.2) is 6.29 Å².